The molecule has 0 bridgehead atoms. The van der Waals surface area contributed by atoms with E-state index in [-0.39, 0.29) is 12.4 Å². The Morgan fingerprint density at radius 1 is 0.810 bits per heavy atom. The van der Waals surface area contributed by atoms with E-state index in [0.29, 0.717) is 0 Å². The molecule has 0 saturated carbocycles. The molecule has 21 heavy (non-hydrogen) atoms. The zero-order valence-corrected chi connectivity index (χ0v) is 13.7. The van der Waals surface area contributed by atoms with Crippen LogP contribution in [0.3, 0.4) is 0 Å². The molecule has 0 aliphatic carbocycles. The number of halogens is 1. The molecule has 0 aliphatic rings. The molecule has 0 aliphatic heterocycles. The standard InChI is InChI=1S/C19H25N.ClH/c1-2-3-8-17-11-7-12-18(15-17)13-14-20-16-19-9-5-4-6-10-19;/h4-7,9-12,15,20H,2-3,8,13-14,16H2,1H3;1H. The summed E-state index contributed by atoms with van der Waals surface area (Å²) in [5, 5.41) is 3.51. The number of rotatable bonds is 8. The summed E-state index contributed by atoms with van der Waals surface area (Å²) in [4.78, 5) is 0. The fourth-order valence-corrected chi connectivity index (χ4v) is 2.38. The molecule has 2 aromatic rings. The van der Waals surface area contributed by atoms with Crippen LogP contribution in [-0.4, -0.2) is 6.54 Å². The number of unbranched alkanes of at least 4 members (excludes halogenated alkanes) is 1. The van der Waals surface area contributed by atoms with Crippen LogP contribution in [0.5, 0.6) is 0 Å². The van der Waals surface area contributed by atoms with Gasteiger partial charge in [0.2, 0.25) is 0 Å². The van der Waals surface area contributed by atoms with Crippen molar-refractivity contribution >= 4 is 12.4 Å². The minimum atomic E-state index is 0. The SMILES string of the molecule is CCCCc1cccc(CCNCc2ccccc2)c1.Cl. The van der Waals surface area contributed by atoms with Gasteiger partial charge in [-0.15, -0.1) is 12.4 Å². The van der Waals surface area contributed by atoms with Gasteiger partial charge in [-0.3, -0.25) is 0 Å². The van der Waals surface area contributed by atoms with Crippen molar-refractivity contribution in [1.29, 1.82) is 0 Å². The quantitative estimate of drug-likeness (QED) is 0.692. The predicted molar refractivity (Wildman–Crippen MR) is 94.2 cm³/mol. The predicted octanol–water partition coefficient (Wildman–Crippen LogP) is 4.78. The van der Waals surface area contributed by atoms with Gasteiger partial charge in [-0.2, -0.15) is 0 Å². The van der Waals surface area contributed by atoms with Gasteiger partial charge in [0, 0.05) is 6.54 Å². The molecule has 0 amide bonds. The Balaban J connectivity index is 0.00000220. The van der Waals surface area contributed by atoms with E-state index >= 15 is 0 Å². The summed E-state index contributed by atoms with van der Waals surface area (Å²) in [6.07, 6.45) is 4.87. The molecule has 2 aromatic carbocycles. The van der Waals surface area contributed by atoms with E-state index < -0.39 is 0 Å². The summed E-state index contributed by atoms with van der Waals surface area (Å²) in [7, 11) is 0. The van der Waals surface area contributed by atoms with Gasteiger partial charge in [-0.1, -0.05) is 67.9 Å². The summed E-state index contributed by atoms with van der Waals surface area (Å²) >= 11 is 0. The third-order valence-electron chi connectivity index (χ3n) is 3.57. The third kappa shape index (κ3) is 6.79. The Kier molecular flexibility index (Phi) is 8.80. The topological polar surface area (TPSA) is 12.0 Å². The maximum atomic E-state index is 3.51. The van der Waals surface area contributed by atoms with Crippen molar-refractivity contribution in [2.75, 3.05) is 6.54 Å². The molecule has 0 spiro atoms. The highest BCUT2D eigenvalue weighted by atomic mass is 35.5. The monoisotopic (exact) mass is 303 g/mol. The molecular weight excluding hydrogens is 278 g/mol. The first-order valence-electron chi connectivity index (χ1n) is 7.71. The van der Waals surface area contributed by atoms with E-state index in [4.69, 9.17) is 0 Å². The molecule has 0 radical (unpaired) electrons. The van der Waals surface area contributed by atoms with Crippen molar-refractivity contribution in [2.24, 2.45) is 0 Å². The average Bonchev–Trinajstić information content (AvgIpc) is 2.51. The highest BCUT2D eigenvalue weighted by molar-refractivity contribution is 5.85. The largest absolute Gasteiger partial charge is 0.312 e. The van der Waals surface area contributed by atoms with Crippen LogP contribution in [-0.2, 0) is 19.4 Å². The van der Waals surface area contributed by atoms with Crippen LogP contribution in [0.25, 0.3) is 0 Å². The van der Waals surface area contributed by atoms with Crippen molar-refractivity contribution in [1.82, 2.24) is 5.32 Å². The summed E-state index contributed by atoms with van der Waals surface area (Å²) in [6, 6.07) is 19.6. The number of hydrogen-bond donors (Lipinski definition) is 1. The average molecular weight is 304 g/mol. The lowest BCUT2D eigenvalue weighted by Gasteiger charge is -2.07. The summed E-state index contributed by atoms with van der Waals surface area (Å²) < 4.78 is 0. The number of benzene rings is 2. The van der Waals surface area contributed by atoms with E-state index in [1.54, 1.807) is 0 Å². The van der Waals surface area contributed by atoms with Gasteiger partial charge in [0.25, 0.3) is 0 Å². The molecule has 0 heterocycles. The number of nitrogens with one attached hydrogen (secondary N) is 1. The minimum Gasteiger partial charge on any atom is -0.312 e. The van der Waals surface area contributed by atoms with Gasteiger partial charge >= 0.3 is 0 Å². The molecule has 0 fully saturated rings. The zero-order chi connectivity index (χ0) is 14.0. The Bertz CT molecular complexity index is 496. The van der Waals surface area contributed by atoms with Crippen LogP contribution in [0.1, 0.15) is 36.5 Å². The fraction of sp³-hybridized carbons (Fsp3) is 0.368. The van der Waals surface area contributed by atoms with E-state index in [0.717, 1.165) is 19.5 Å². The second kappa shape index (κ2) is 10.4. The lowest BCUT2D eigenvalue weighted by atomic mass is 10.0. The van der Waals surface area contributed by atoms with Crippen molar-refractivity contribution in [3.05, 3.63) is 71.3 Å². The molecule has 114 valence electrons. The highest BCUT2D eigenvalue weighted by Crippen LogP contribution is 2.09. The maximum absolute atomic E-state index is 3.51. The Labute approximate surface area is 135 Å². The smallest absolute Gasteiger partial charge is 0.0205 e. The summed E-state index contributed by atoms with van der Waals surface area (Å²) in [5.41, 5.74) is 4.27. The molecular formula is C19H26ClN. The van der Waals surface area contributed by atoms with Gasteiger partial charge in [-0.05, 0) is 42.5 Å². The second-order valence-corrected chi connectivity index (χ2v) is 5.34. The summed E-state index contributed by atoms with van der Waals surface area (Å²) in [5.74, 6) is 0. The first kappa shape index (κ1) is 17.7. The molecule has 0 aromatic heterocycles. The third-order valence-corrected chi connectivity index (χ3v) is 3.57. The molecule has 1 nitrogen and oxygen atoms in total. The second-order valence-electron chi connectivity index (χ2n) is 5.34. The van der Waals surface area contributed by atoms with Gasteiger partial charge in [0.1, 0.15) is 0 Å². The Morgan fingerprint density at radius 3 is 2.19 bits per heavy atom. The summed E-state index contributed by atoms with van der Waals surface area (Å²) in [6.45, 7) is 4.24. The molecule has 0 atom stereocenters. The lowest BCUT2D eigenvalue weighted by Crippen LogP contribution is -2.16. The maximum Gasteiger partial charge on any atom is 0.0205 e. The van der Waals surface area contributed by atoms with Gasteiger partial charge in [0.15, 0.2) is 0 Å². The lowest BCUT2D eigenvalue weighted by molar-refractivity contribution is 0.686. The van der Waals surface area contributed by atoms with Gasteiger partial charge in [-0.25, -0.2) is 0 Å². The van der Waals surface area contributed by atoms with E-state index in [1.807, 2.05) is 0 Å². The molecule has 0 saturated heterocycles. The number of hydrogen-bond acceptors (Lipinski definition) is 1. The minimum absolute atomic E-state index is 0. The van der Waals surface area contributed by atoms with Crippen LogP contribution in [0, 0.1) is 0 Å². The van der Waals surface area contributed by atoms with Crippen LogP contribution >= 0.6 is 12.4 Å². The zero-order valence-electron chi connectivity index (χ0n) is 12.8. The highest BCUT2D eigenvalue weighted by Gasteiger charge is 1.97. The van der Waals surface area contributed by atoms with Crippen LogP contribution in [0.4, 0.5) is 0 Å². The Morgan fingerprint density at radius 2 is 1.48 bits per heavy atom. The molecule has 2 rings (SSSR count). The van der Waals surface area contributed by atoms with Crippen molar-refractivity contribution < 1.29 is 0 Å². The fourth-order valence-electron chi connectivity index (χ4n) is 2.38. The van der Waals surface area contributed by atoms with Crippen molar-refractivity contribution in [2.45, 2.75) is 39.2 Å². The van der Waals surface area contributed by atoms with E-state index in [1.165, 1.54) is 36.0 Å². The van der Waals surface area contributed by atoms with Gasteiger partial charge < -0.3 is 5.32 Å². The molecule has 2 heteroatoms. The first-order valence-corrected chi connectivity index (χ1v) is 7.71. The van der Waals surface area contributed by atoms with Crippen molar-refractivity contribution in [3.8, 4) is 0 Å². The molecule has 1 N–H and O–H groups in total. The Hall–Kier alpha value is -1.31. The van der Waals surface area contributed by atoms with Crippen molar-refractivity contribution in [3.63, 3.8) is 0 Å². The normalized spacial score (nSPS) is 10.1. The van der Waals surface area contributed by atoms with Crippen LogP contribution < -0.4 is 5.32 Å². The van der Waals surface area contributed by atoms with E-state index in [9.17, 15) is 0 Å². The molecule has 0 unspecified atom stereocenters. The van der Waals surface area contributed by atoms with E-state index in [2.05, 4.69) is 66.8 Å². The van der Waals surface area contributed by atoms with Gasteiger partial charge in [0.05, 0.1) is 0 Å². The van der Waals surface area contributed by atoms with Crippen LogP contribution in [0.15, 0.2) is 54.6 Å². The number of aryl methyl sites for hydroxylation is 1. The first-order chi connectivity index (χ1) is 9.88. The van der Waals surface area contributed by atoms with Crippen LogP contribution in [0.2, 0.25) is 0 Å².